The van der Waals surface area contributed by atoms with Crippen molar-refractivity contribution in [2.45, 2.75) is 37.1 Å². The van der Waals surface area contributed by atoms with Gasteiger partial charge in [0.05, 0.1) is 4.90 Å². The molecule has 4 N–H and O–H groups in total. The van der Waals surface area contributed by atoms with Crippen molar-refractivity contribution >= 4 is 63.2 Å². The third kappa shape index (κ3) is 7.19. The molecule has 37 heavy (non-hydrogen) atoms. The Hall–Kier alpha value is -2.27. The Balaban J connectivity index is 0.00000241. The van der Waals surface area contributed by atoms with Crippen LogP contribution in [0, 0.1) is 11.8 Å². The van der Waals surface area contributed by atoms with Gasteiger partial charge in [-0.05, 0) is 43.2 Å². The molecule has 0 spiro atoms. The molecule has 4 rings (SSSR count). The molecule has 1 amide bonds. The molecule has 2 aromatic rings. The van der Waals surface area contributed by atoms with Gasteiger partial charge in [-0.1, -0.05) is 31.2 Å². The summed E-state index contributed by atoms with van der Waals surface area (Å²) >= 11 is 0. The van der Waals surface area contributed by atoms with Gasteiger partial charge in [0.15, 0.2) is 5.96 Å². The van der Waals surface area contributed by atoms with Gasteiger partial charge in [0.25, 0.3) is 0 Å². The number of hydrogen-bond acceptors (Lipinski definition) is 7. The van der Waals surface area contributed by atoms with Gasteiger partial charge >= 0.3 is 0 Å². The van der Waals surface area contributed by atoms with Crippen LogP contribution in [0.15, 0.2) is 46.3 Å². The molecule has 0 bridgehead atoms. The van der Waals surface area contributed by atoms with Crippen molar-refractivity contribution in [1.82, 2.24) is 14.9 Å². The Labute approximate surface area is 232 Å². The molecular formula is C25H38Cl2N6O3S. The topological polar surface area (TPSA) is 120 Å². The van der Waals surface area contributed by atoms with E-state index in [9.17, 15) is 13.2 Å². The number of likely N-dealkylation sites (tertiary alicyclic amines) is 1. The Morgan fingerprint density at radius 2 is 1.81 bits per heavy atom. The Morgan fingerprint density at radius 1 is 1.16 bits per heavy atom. The van der Waals surface area contributed by atoms with E-state index in [1.807, 2.05) is 43.3 Å². The standard InChI is InChI=1S/C25H36N6O3S.2ClH/c1-17-10-12-31(13-11-17)24(32)21(14-18-15-27-25(26)28-16-18)29-35(33,34)23-9-5-6-19-20(23)7-4-8-22(19)30(2)3;;/h4-9,17-18,21,29H,10-16H2,1-3H3,(H3,26,27,28);2*1H. The normalized spacial score (nSPS) is 19.2. The summed E-state index contributed by atoms with van der Waals surface area (Å²) in [6, 6.07) is 10.0. The lowest BCUT2D eigenvalue weighted by molar-refractivity contribution is -0.134. The number of anilines is 1. The number of piperidine rings is 1. The van der Waals surface area contributed by atoms with Gasteiger partial charge in [-0.25, -0.2) is 8.42 Å². The third-order valence-corrected chi connectivity index (χ3v) is 8.51. The van der Waals surface area contributed by atoms with E-state index >= 15 is 0 Å². The number of nitrogens with one attached hydrogen (secondary N) is 2. The van der Waals surface area contributed by atoms with Gasteiger partial charge in [-0.2, -0.15) is 4.72 Å². The van der Waals surface area contributed by atoms with Crippen LogP contribution in [0.2, 0.25) is 0 Å². The second-order valence-corrected chi connectivity index (χ2v) is 11.6. The zero-order chi connectivity index (χ0) is 25.2. The first kappa shape index (κ1) is 31.0. The van der Waals surface area contributed by atoms with Crippen LogP contribution in [0.5, 0.6) is 0 Å². The minimum atomic E-state index is -3.98. The number of amides is 1. The van der Waals surface area contributed by atoms with Crippen LogP contribution in [-0.2, 0) is 14.8 Å². The average molecular weight is 574 g/mol. The number of nitrogens with two attached hydrogens (primary N) is 1. The first-order valence-corrected chi connectivity index (χ1v) is 13.7. The second kappa shape index (κ2) is 13.0. The predicted molar refractivity (Wildman–Crippen MR) is 154 cm³/mol. The number of halogens is 2. The van der Waals surface area contributed by atoms with E-state index in [1.165, 1.54) is 0 Å². The van der Waals surface area contributed by atoms with Crippen molar-refractivity contribution in [1.29, 1.82) is 0 Å². The van der Waals surface area contributed by atoms with Gasteiger partial charge in [0.1, 0.15) is 6.04 Å². The van der Waals surface area contributed by atoms with Crippen molar-refractivity contribution < 1.29 is 13.2 Å². The van der Waals surface area contributed by atoms with E-state index in [1.54, 1.807) is 17.0 Å². The van der Waals surface area contributed by atoms with Crippen LogP contribution in [0.25, 0.3) is 10.8 Å². The lowest BCUT2D eigenvalue weighted by atomic mass is 9.96. The van der Waals surface area contributed by atoms with Crippen molar-refractivity contribution in [3.8, 4) is 0 Å². The minimum absolute atomic E-state index is 0. The number of benzene rings is 2. The highest BCUT2D eigenvalue weighted by molar-refractivity contribution is 7.89. The van der Waals surface area contributed by atoms with Crippen LogP contribution in [0.1, 0.15) is 26.2 Å². The molecule has 0 radical (unpaired) electrons. The summed E-state index contributed by atoms with van der Waals surface area (Å²) in [6.45, 7) is 4.49. The lowest BCUT2D eigenvalue weighted by Crippen LogP contribution is -2.52. The van der Waals surface area contributed by atoms with Gasteiger partial charge in [0.2, 0.25) is 15.9 Å². The van der Waals surface area contributed by atoms with Crippen LogP contribution in [0.4, 0.5) is 5.69 Å². The Kier molecular flexibility index (Phi) is 10.9. The molecular weight excluding hydrogens is 535 g/mol. The van der Waals surface area contributed by atoms with Gasteiger partial charge in [0, 0.05) is 56.7 Å². The van der Waals surface area contributed by atoms with Crippen LogP contribution in [-0.4, -0.2) is 71.5 Å². The summed E-state index contributed by atoms with van der Waals surface area (Å²) in [5.74, 6) is 0.769. The number of aliphatic imine (C=N–C) groups is 1. The van der Waals surface area contributed by atoms with Gasteiger partial charge in [-0.3, -0.25) is 9.79 Å². The first-order chi connectivity index (χ1) is 16.7. The van der Waals surface area contributed by atoms with E-state index in [4.69, 9.17) is 5.73 Å². The van der Waals surface area contributed by atoms with E-state index in [0.29, 0.717) is 49.9 Å². The number of fused-ring (bicyclic) bond motifs is 1. The van der Waals surface area contributed by atoms with E-state index < -0.39 is 16.1 Å². The van der Waals surface area contributed by atoms with Crippen LogP contribution >= 0.6 is 24.8 Å². The number of nitrogens with zero attached hydrogens (tertiary/aromatic N) is 3. The number of hydrogen-bond donors (Lipinski definition) is 3. The number of carbonyl (C=O) groups is 1. The largest absolute Gasteiger partial charge is 0.377 e. The Bertz CT molecular complexity index is 1220. The van der Waals surface area contributed by atoms with Crippen LogP contribution < -0.4 is 20.7 Å². The fourth-order valence-electron chi connectivity index (χ4n) is 4.88. The fraction of sp³-hybridized carbons (Fsp3) is 0.520. The maximum Gasteiger partial charge on any atom is 0.241 e. The fourth-order valence-corrected chi connectivity index (χ4v) is 6.30. The minimum Gasteiger partial charge on any atom is -0.377 e. The highest BCUT2D eigenvalue weighted by atomic mass is 35.5. The summed E-state index contributed by atoms with van der Waals surface area (Å²) < 4.78 is 30.2. The summed E-state index contributed by atoms with van der Waals surface area (Å²) in [6.07, 6.45) is 2.20. The van der Waals surface area contributed by atoms with Crippen molar-refractivity contribution in [2.24, 2.45) is 22.6 Å². The zero-order valence-corrected chi connectivity index (χ0v) is 24.0. The van der Waals surface area contributed by atoms with E-state index in [-0.39, 0.29) is 41.5 Å². The molecule has 0 aliphatic carbocycles. The molecule has 2 aliphatic rings. The van der Waals surface area contributed by atoms with Crippen molar-refractivity contribution in [2.75, 3.05) is 45.2 Å². The SMILES string of the molecule is CC1CCN(C(=O)C(CC2CN=C(N)NC2)NS(=O)(=O)c2cccc3c(N(C)C)cccc23)CC1.Cl.Cl. The number of carbonyl (C=O) groups excluding carboxylic acids is 1. The molecule has 1 fully saturated rings. The first-order valence-electron chi connectivity index (χ1n) is 12.2. The average Bonchev–Trinajstić information content (AvgIpc) is 2.84. The summed E-state index contributed by atoms with van der Waals surface area (Å²) in [4.78, 5) is 21.7. The molecule has 2 unspecified atom stereocenters. The monoisotopic (exact) mass is 572 g/mol. The molecule has 0 saturated carbocycles. The summed E-state index contributed by atoms with van der Waals surface area (Å²) in [7, 11) is -0.129. The zero-order valence-electron chi connectivity index (χ0n) is 21.5. The third-order valence-electron chi connectivity index (χ3n) is 6.98. The lowest BCUT2D eigenvalue weighted by Gasteiger charge is -2.34. The van der Waals surface area contributed by atoms with Gasteiger partial charge < -0.3 is 20.9 Å². The summed E-state index contributed by atoms with van der Waals surface area (Å²) in [5, 5.41) is 4.49. The maximum absolute atomic E-state index is 13.7. The van der Waals surface area contributed by atoms with E-state index in [2.05, 4.69) is 22.0 Å². The Morgan fingerprint density at radius 3 is 2.43 bits per heavy atom. The molecule has 0 aromatic heterocycles. The molecule has 2 atom stereocenters. The number of rotatable bonds is 7. The molecule has 2 aliphatic heterocycles. The maximum atomic E-state index is 13.7. The van der Waals surface area contributed by atoms with E-state index in [0.717, 1.165) is 23.9 Å². The molecule has 9 nitrogen and oxygen atoms in total. The summed E-state index contributed by atoms with van der Waals surface area (Å²) in [5.41, 5.74) is 6.66. The molecule has 12 heteroatoms. The van der Waals surface area contributed by atoms with Gasteiger partial charge in [-0.15, -0.1) is 24.8 Å². The molecule has 1 saturated heterocycles. The highest BCUT2D eigenvalue weighted by Crippen LogP contribution is 2.30. The quantitative estimate of drug-likeness (QED) is 0.469. The number of sulfonamides is 1. The second-order valence-electron chi connectivity index (χ2n) is 9.91. The predicted octanol–water partition coefficient (Wildman–Crippen LogP) is 2.58. The highest BCUT2D eigenvalue weighted by Gasteiger charge is 2.34. The molecule has 2 aromatic carbocycles. The number of guanidine groups is 1. The smallest absolute Gasteiger partial charge is 0.241 e. The molecule has 2 heterocycles. The van der Waals surface area contributed by atoms with Crippen LogP contribution in [0.3, 0.4) is 0 Å². The van der Waals surface area contributed by atoms with Crippen molar-refractivity contribution in [3.05, 3.63) is 36.4 Å². The van der Waals surface area contributed by atoms with Crippen molar-refractivity contribution in [3.63, 3.8) is 0 Å². The molecule has 206 valence electrons.